The van der Waals surface area contributed by atoms with Gasteiger partial charge in [-0.25, -0.2) is 9.97 Å². The van der Waals surface area contributed by atoms with E-state index < -0.39 is 0 Å². The molecule has 0 unspecified atom stereocenters. The summed E-state index contributed by atoms with van der Waals surface area (Å²) in [5.74, 6) is 1.13. The number of thioether (sulfide) groups is 1. The van der Waals surface area contributed by atoms with E-state index in [1.54, 1.807) is 6.20 Å². The van der Waals surface area contributed by atoms with Gasteiger partial charge in [0.1, 0.15) is 5.82 Å². The van der Waals surface area contributed by atoms with Crippen LogP contribution in [-0.4, -0.2) is 31.8 Å². The molecule has 0 spiro atoms. The van der Waals surface area contributed by atoms with E-state index in [1.807, 2.05) is 12.1 Å². The second-order valence-corrected chi connectivity index (χ2v) is 7.76. The van der Waals surface area contributed by atoms with Crippen molar-refractivity contribution in [2.75, 3.05) is 16.8 Å². The zero-order valence-corrected chi connectivity index (χ0v) is 15.8. The molecular weight excluding hydrogens is 360 g/mol. The van der Waals surface area contributed by atoms with Crippen LogP contribution in [0.4, 0.5) is 11.5 Å². The number of nitrogens with one attached hydrogen (secondary N) is 2. The van der Waals surface area contributed by atoms with E-state index in [2.05, 4.69) is 37.6 Å². The fraction of sp³-hybridized carbons (Fsp3) is 0.368. The van der Waals surface area contributed by atoms with Crippen LogP contribution in [0.1, 0.15) is 43.6 Å². The third kappa shape index (κ3) is 4.21. The van der Waals surface area contributed by atoms with Gasteiger partial charge in [-0.1, -0.05) is 43.2 Å². The van der Waals surface area contributed by atoms with Gasteiger partial charge in [-0.3, -0.25) is 9.89 Å². The summed E-state index contributed by atoms with van der Waals surface area (Å²) >= 11 is 1.24. The molecule has 7 nitrogen and oxygen atoms in total. The maximum Gasteiger partial charge on any atom is 0.234 e. The molecule has 0 radical (unpaired) electrons. The summed E-state index contributed by atoms with van der Waals surface area (Å²) in [4.78, 5) is 20.7. The summed E-state index contributed by atoms with van der Waals surface area (Å²) in [7, 11) is 0. The Labute approximate surface area is 161 Å². The van der Waals surface area contributed by atoms with Crippen LogP contribution < -0.4 is 11.1 Å². The van der Waals surface area contributed by atoms with E-state index in [9.17, 15) is 4.79 Å². The number of hydrogen-bond acceptors (Lipinski definition) is 6. The minimum Gasteiger partial charge on any atom is -0.383 e. The summed E-state index contributed by atoms with van der Waals surface area (Å²) in [6.07, 6.45) is 8.11. The predicted molar refractivity (Wildman–Crippen MR) is 108 cm³/mol. The lowest BCUT2D eigenvalue weighted by atomic mass is 9.84. The van der Waals surface area contributed by atoms with E-state index in [0.29, 0.717) is 27.9 Å². The van der Waals surface area contributed by atoms with Crippen LogP contribution in [0.15, 0.2) is 35.6 Å². The number of hydrogen-bond donors (Lipinski definition) is 3. The quantitative estimate of drug-likeness (QED) is 0.458. The lowest BCUT2D eigenvalue weighted by Gasteiger charge is -2.22. The van der Waals surface area contributed by atoms with Gasteiger partial charge in [0.15, 0.2) is 10.8 Å². The van der Waals surface area contributed by atoms with Gasteiger partial charge in [-0.2, -0.15) is 5.10 Å². The number of amides is 1. The van der Waals surface area contributed by atoms with Crippen LogP contribution in [0.5, 0.6) is 0 Å². The highest BCUT2D eigenvalue weighted by molar-refractivity contribution is 7.99. The third-order valence-electron chi connectivity index (χ3n) is 4.92. The van der Waals surface area contributed by atoms with Gasteiger partial charge < -0.3 is 11.1 Å². The molecule has 4 rings (SSSR count). The summed E-state index contributed by atoms with van der Waals surface area (Å²) in [5.41, 5.74) is 8.64. The molecule has 1 amide bonds. The molecule has 2 aromatic heterocycles. The minimum atomic E-state index is -0.0997. The Hall–Kier alpha value is -2.61. The molecule has 2 heterocycles. The first-order valence-corrected chi connectivity index (χ1v) is 10.2. The molecule has 1 fully saturated rings. The van der Waals surface area contributed by atoms with E-state index in [1.165, 1.54) is 49.4 Å². The first-order chi connectivity index (χ1) is 13.2. The molecule has 4 N–H and O–H groups in total. The van der Waals surface area contributed by atoms with Gasteiger partial charge in [0.25, 0.3) is 0 Å². The number of nitrogen functional groups attached to an aromatic ring is 1. The zero-order chi connectivity index (χ0) is 18.6. The van der Waals surface area contributed by atoms with Crippen LogP contribution >= 0.6 is 11.8 Å². The molecule has 1 aliphatic carbocycles. The maximum atomic E-state index is 12.2. The number of aromatic amines is 1. The normalized spacial score (nSPS) is 15.1. The average Bonchev–Trinajstić information content (AvgIpc) is 3.17. The second-order valence-electron chi connectivity index (χ2n) is 6.82. The Morgan fingerprint density at radius 2 is 1.96 bits per heavy atom. The molecule has 0 atom stereocenters. The molecule has 8 heteroatoms. The Bertz CT molecular complexity index is 933. The summed E-state index contributed by atoms with van der Waals surface area (Å²) in [6, 6.07) is 8.23. The average molecular weight is 382 g/mol. The molecular formula is C19H22N6OS. The van der Waals surface area contributed by atoms with Crippen molar-refractivity contribution in [3.8, 4) is 0 Å². The molecule has 1 saturated carbocycles. The Morgan fingerprint density at radius 1 is 1.19 bits per heavy atom. The number of carbonyl (C=O) groups is 1. The van der Waals surface area contributed by atoms with E-state index in [4.69, 9.17) is 5.73 Å². The van der Waals surface area contributed by atoms with Crippen molar-refractivity contribution in [2.45, 2.75) is 43.2 Å². The smallest absolute Gasteiger partial charge is 0.234 e. The standard InChI is InChI=1S/C19H22N6OS/c20-17-15-10-21-25-18(15)24-19(23-17)27-11-16(26)22-14-8-6-13(7-9-14)12-4-2-1-3-5-12/h6-10,12H,1-5,11H2,(H,22,26)(H3,20,21,23,24,25). The van der Waals surface area contributed by atoms with Crippen LogP contribution in [-0.2, 0) is 4.79 Å². The summed E-state index contributed by atoms with van der Waals surface area (Å²) < 4.78 is 0. The van der Waals surface area contributed by atoms with E-state index >= 15 is 0 Å². The number of carbonyl (C=O) groups excluding carboxylic acids is 1. The largest absolute Gasteiger partial charge is 0.383 e. The van der Waals surface area contributed by atoms with Crippen molar-refractivity contribution in [2.24, 2.45) is 0 Å². The van der Waals surface area contributed by atoms with Crippen molar-refractivity contribution in [3.63, 3.8) is 0 Å². The lowest BCUT2D eigenvalue weighted by Crippen LogP contribution is -2.14. The summed E-state index contributed by atoms with van der Waals surface area (Å²) in [5, 5.41) is 10.7. The third-order valence-corrected chi connectivity index (χ3v) is 5.77. The van der Waals surface area contributed by atoms with Gasteiger partial charge in [0, 0.05) is 5.69 Å². The number of nitrogens with two attached hydrogens (primary N) is 1. The number of aromatic nitrogens is 4. The lowest BCUT2D eigenvalue weighted by molar-refractivity contribution is -0.113. The Morgan fingerprint density at radius 3 is 2.74 bits per heavy atom. The number of anilines is 2. The van der Waals surface area contributed by atoms with E-state index in [0.717, 1.165) is 5.69 Å². The number of H-pyrrole nitrogens is 1. The van der Waals surface area contributed by atoms with Crippen LogP contribution in [0.25, 0.3) is 11.0 Å². The highest BCUT2D eigenvalue weighted by Crippen LogP contribution is 2.33. The van der Waals surface area contributed by atoms with Crippen molar-refractivity contribution in [1.82, 2.24) is 20.2 Å². The summed E-state index contributed by atoms with van der Waals surface area (Å²) in [6.45, 7) is 0. The van der Waals surface area contributed by atoms with Gasteiger partial charge in [-0.05, 0) is 36.5 Å². The van der Waals surface area contributed by atoms with E-state index in [-0.39, 0.29) is 11.7 Å². The number of benzene rings is 1. The van der Waals surface area contributed by atoms with Gasteiger partial charge >= 0.3 is 0 Å². The van der Waals surface area contributed by atoms with Gasteiger partial charge in [-0.15, -0.1) is 0 Å². The molecule has 3 aromatic rings. The van der Waals surface area contributed by atoms with Crippen LogP contribution in [0, 0.1) is 0 Å². The fourth-order valence-corrected chi connectivity index (χ4v) is 4.15. The van der Waals surface area contributed by atoms with Crippen molar-refractivity contribution in [1.29, 1.82) is 0 Å². The van der Waals surface area contributed by atoms with Crippen molar-refractivity contribution >= 4 is 40.2 Å². The monoisotopic (exact) mass is 382 g/mol. The highest BCUT2D eigenvalue weighted by Gasteiger charge is 2.15. The SMILES string of the molecule is Nc1nc(SCC(=O)Nc2ccc(C3CCCCC3)cc2)nc2[nH]ncc12. The fourth-order valence-electron chi connectivity index (χ4n) is 3.50. The van der Waals surface area contributed by atoms with Gasteiger partial charge in [0.05, 0.1) is 17.3 Å². The molecule has 1 aliphatic rings. The topological polar surface area (TPSA) is 110 Å². The number of nitrogens with zero attached hydrogens (tertiary/aromatic N) is 3. The van der Waals surface area contributed by atoms with Gasteiger partial charge in [0.2, 0.25) is 5.91 Å². The predicted octanol–water partition coefficient (Wildman–Crippen LogP) is 3.71. The Balaban J connectivity index is 1.33. The molecule has 140 valence electrons. The molecule has 0 aliphatic heterocycles. The van der Waals surface area contributed by atoms with Crippen LogP contribution in [0.3, 0.4) is 0 Å². The maximum absolute atomic E-state index is 12.2. The molecule has 0 bridgehead atoms. The molecule has 0 saturated heterocycles. The van der Waals surface area contributed by atoms with Crippen molar-refractivity contribution < 1.29 is 4.79 Å². The number of fused-ring (bicyclic) bond motifs is 1. The number of rotatable bonds is 5. The minimum absolute atomic E-state index is 0.0997. The molecule has 1 aromatic carbocycles. The Kier molecular flexibility index (Phi) is 5.24. The first-order valence-electron chi connectivity index (χ1n) is 9.18. The molecule has 27 heavy (non-hydrogen) atoms. The van der Waals surface area contributed by atoms with Crippen LogP contribution in [0.2, 0.25) is 0 Å². The second kappa shape index (κ2) is 7.96. The van der Waals surface area contributed by atoms with Crippen molar-refractivity contribution in [3.05, 3.63) is 36.0 Å². The zero-order valence-electron chi connectivity index (χ0n) is 14.9. The highest BCUT2D eigenvalue weighted by atomic mass is 32.2. The first kappa shape index (κ1) is 17.8.